The van der Waals surface area contributed by atoms with Crippen molar-refractivity contribution < 1.29 is 14.4 Å². The van der Waals surface area contributed by atoms with E-state index in [0.717, 1.165) is 11.1 Å². The number of nitrogens with one attached hydrogen (secondary N) is 1. The van der Waals surface area contributed by atoms with Gasteiger partial charge < -0.3 is 5.32 Å². The molecule has 0 aliphatic carbocycles. The van der Waals surface area contributed by atoms with Crippen LogP contribution in [0, 0.1) is 19.8 Å². The molecule has 1 saturated heterocycles. The molecule has 1 aromatic carbocycles. The molecule has 1 fully saturated rings. The number of anilines is 1. The van der Waals surface area contributed by atoms with Crippen LogP contribution in [0.3, 0.4) is 0 Å². The molecule has 0 saturated carbocycles. The number of carbonyl (C=O) groups is 3. The van der Waals surface area contributed by atoms with Crippen LogP contribution in [0.1, 0.15) is 50.1 Å². The summed E-state index contributed by atoms with van der Waals surface area (Å²) in [6.07, 6.45) is 1.80. The Hall–Kier alpha value is -2.67. The summed E-state index contributed by atoms with van der Waals surface area (Å²) in [6.45, 7) is 9.55. The lowest BCUT2D eigenvalue weighted by molar-refractivity contribution is -0.129. The van der Waals surface area contributed by atoms with Gasteiger partial charge in [0.05, 0.1) is 17.3 Å². The molecule has 0 bridgehead atoms. The van der Waals surface area contributed by atoms with E-state index in [9.17, 15) is 14.4 Å². The maximum atomic E-state index is 13.8. The summed E-state index contributed by atoms with van der Waals surface area (Å²) >= 11 is 1.18. The van der Waals surface area contributed by atoms with Crippen molar-refractivity contribution in [3.05, 3.63) is 59.4 Å². The fourth-order valence-corrected chi connectivity index (χ4v) is 4.75. The van der Waals surface area contributed by atoms with Crippen LogP contribution in [-0.4, -0.2) is 33.2 Å². The van der Waals surface area contributed by atoms with Gasteiger partial charge in [0, 0.05) is 23.9 Å². The average molecular weight is 440 g/mol. The molecular formula is C24H29N3O3S. The molecule has 164 valence electrons. The van der Waals surface area contributed by atoms with Gasteiger partial charge in [-0.1, -0.05) is 36.0 Å². The predicted octanol–water partition coefficient (Wildman–Crippen LogP) is 3.97. The van der Waals surface area contributed by atoms with Crippen LogP contribution in [0.4, 0.5) is 5.69 Å². The lowest BCUT2D eigenvalue weighted by atomic mass is 9.98. The molecule has 2 aromatic rings. The van der Waals surface area contributed by atoms with E-state index < -0.39 is 17.5 Å². The molecule has 1 aliphatic heterocycles. The van der Waals surface area contributed by atoms with E-state index in [0.29, 0.717) is 17.1 Å². The highest BCUT2D eigenvalue weighted by molar-refractivity contribution is 8.14. The molecule has 2 heterocycles. The number of pyridine rings is 1. The van der Waals surface area contributed by atoms with Gasteiger partial charge >= 0.3 is 0 Å². The number of thioether (sulfide) groups is 1. The first kappa shape index (κ1) is 23.0. The van der Waals surface area contributed by atoms with Crippen LogP contribution >= 0.6 is 11.8 Å². The number of aromatic nitrogens is 1. The molecule has 1 aromatic heterocycles. The molecule has 7 heteroatoms. The Balaban J connectivity index is 2.18. The molecule has 31 heavy (non-hydrogen) atoms. The quantitative estimate of drug-likeness (QED) is 0.763. The van der Waals surface area contributed by atoms with E-state index in [2.05, 4.69) is 10.3 Å². The fraction of sp³-hybridized carbons (Fsp3) is 0.417. The number of amides is 2. The van der Waals surface area contributed by atoms with Gasteiger partial charge in [-0.05, 0) is 57.9 Å². The summed E-state index contributed by atoms with van der Waals surface area (Å²) in [6, 6.07) is 10.2. The monoisotopic (exact) mass is 439 g/mol. The summed E-state index contributed by atoms with van der Waals surface area (Å²) in [5.41, 5.74) is 2.46. The number of nitrogens with zero attached hydrogens (tertiary/aromatic N) is 2. The van der Waals surface area contributed by atoms with Crippen molar-refractivity contribution in [2.75, 3.05) is 10.7 Å². The highest BCUT2D eigenvalue weighted by Crippen LogP contribution is 2.37. The molecular weight excluding hydrogens is 410 g/mol. The number of rotatable bonds is 5. The third kappa shape index (κ3) is 5.34. The van der Waals surface area contributed by atoms with Crippen LogP contribution in [0.5, 0.6) is 0 Å². The molecule has 2 atom stereocenters. The Labute approximate surface area is 187 Å². The van der Waals surface area contributed by atoms with Gasteiger partial charge in [-0.25, -0.2) is 0 Å². The van der Waals surface area contributed by atoms with Crippen LogP contribution in [0.2, 0.25) is 0 Å². The standard InChI is InChI=1S/C24H29N3O3S/c1-15-9-8-10-16(2)20(15)27(23(30)17-13-19(28)31-14-17)21(18-11-6-7-12-25-18)22(29)26-24(3,4)5/h6-12,17,21H,13-14H2,1-5H3,(H,26,29)/t17-,21-/m1/s1. The van der Waals surface area contributed by atoms with Crippen molar-refractivity contribution in [3.8, 4) is 0 Å². The maximum absolute atomic E-state index is 13.8. The van der Waals surface area contributed by atoms with Gasteiger partial charge in [0.2, 0.25) is 11.8 Å². The van der Waals surface area contributed by atoms with Crippen molar-refractivity contribution in [1.82, 2.24) is 10.3 Å². The van der Waals surface area contributed by atoms with Gasteiger partial charge in [0.1, 0.15) is 0 Å². The third-order valence-corrected chi connectivity index (χ3v) is 6.16. The second kappa shape index (κ2) is 9.22. The number of benzene rings is 1. The molecule has 0 spiro atoms. The zero-order valence-electron chi connectivity index (χ0n) is 18.6. The Kier molecular flexibility index (Phi) is 6.84. The summed E-state index contributed by atoms with van der Waals surface area (Å²) in [4.78, 5) is 45.3. The molecule has 3 rings (SSSR count). The van der Waals surface area contributed by atoms with Gasteiger partial charge in [0.25, 0.3) is 0 Å². The van der Waals surface area contributed by atoms with Crippen molar-refractivity contribution in [2.45, 2.75) is 52.6 Å². The second-order valence-electron chi connectivity index (χ2n) is 8.93. The van der Waals surface area contributed by atoms with E-state index >= 15 is 0 Å². The van der Waals surface area contributed by atoms with Crippen molar-refractivity contribution in [1.29, 1.82) is 0 Å². The summed E-state index contributed by atoms with van der Waals surface area (Å²) < 4.78 is 0. The summed E-state index contributed by atoms with van der Waals surface area (Å²) in [5, 5.41) is 3.02. The van der Waals surface area contributed by atoms with Crippen molar-refractivity contribution in [3.63, 3.8) is 0 Å². The Bertz CT molecular complexity index is 965. The van der Waals surface area contributed by atoms with Gasteiger partial charge in [0.15, 0.2) is 11.2 Å². The second-order valence-corrected chi connectivity index (χ2v) is 10.0. The zero-order chi connectivity index (χ0) is 22.8. The van der Waals surface area contributed by atoms with E-state index in [1.54, 1.807) is 23.2 Å². The number of hydrogen-bond acceptors (Lipinski definition) is 5. The minimum absolute atomic E-state index is 0.00772. The average Bonchev–Trinajstić information content (AvgIpc) is 3.12. The number of hydrogen-bond donors (Lipinski definition) is 1. The first-order valence-electron chi connectivity index (χ1n) is 10.4. The smallest absolute Gasteiger partial charge is 0.249 e. The predicted molar refractivity (Wildman–Crippen MR) is 124 cm³/mol. The van der Waals surface area contributed by atoms with Crippen molar-refractivity contribution in [2.24, 2.45) is 5.92 Å². The normalized spacial score (nSPS) is 17.3. The van der Waals surface area contributed by atoms with Gasteiger partial charge in [-0.2, -0.15) is 0 Å². The van der Waals surface area contributed by atoms with E-state index in [1.807, 2.05) is 58.9 Å². The van der Waals surface area contributed by atoms with Crippen LogP contribution in [-0.2, 0) is 14.4 Å². The minimum Gasteiger partial charge on any atom is -0.349 e. The van der Waals surface area contributed by atoms with Crippen LogP contribution in [0.25, 0.3) is 0 Å². The first-order chi connectivity index (χ1) is 14.6. The molecule has 2 amide bonds. The largest absolute Gasteiger partial charge is 0.349 e. The van der Waals surface area contributed by atoms with Crippen LogP contribution < -0.4 is 10.2 Å². The van der Waals surface area contributed by atoms with Crippen molar-refractivity contribution >= 4 is 34.4 Å². The van der Waals surface area contributed by atoms with E-state index in [-0.39, 0.29) is 23.4 Å². The van der Waals surface area contributed by atoms with Gasteiger partial charge in [-0.15, -0.1) is 0 Å². The molecule has 1 aliphatic rings. The number of aryl methyl sites for hydroxylation is 2. The Morgan fingerprint density at radius 1 is 1.13 bits per heavy atom. The molecule has 6 nitrogen and oxygen atoms in total. The Morgan fingerprint density at radius 3 is 2.32 bits per heavy atom. The first-order valence-corrected chi connectivity index (χ1v) is 11.3. The summed E-state index contributed by atoms with van der Waals surface area (Å²) in [5.74, 6) is -0.575. The number of para-hydroxylation sites is 1. The SMILES string of the molecule is Cc1cccc(C)c1N(C(=O)[C@H]1CSC(=O)C1)[C@@H](C(=O)NC(C)(C)C)c1ccccn1. The zero-order valence-corrected chi connectivity index (χ0v) is 19.5. The lowest BCUT2D eigenvalue weighted by Crippen LogP contribution is -2.51. The lowest BCUT2D eigenvalue weighted by Gasteiger charge is -2.36. The third-order valence-electron chi connectivity index (χ3n) is 5.10. The molecule has 0 unspecified atom stereocenters. The summed E-state index contributed by atoms with van der Waals surface area (Å²) in [7, 11) is 0. The highest BCUT2D eigenvalue weighted by atomic mass is 32.2. The fourth-order valence-electron chi connectivity index (χ4n) is 3.78. The highest BCUT2D eigenvalue weighted by Gasteiger charge is 2.41. The maximum Gasteiger partial charge on any atom is 0.249 e. The van der Waals surface area contributed by atoms with Gasteiger partial charge in [-0.3, -0.25) is 24.3 Å². The van der Waals surface area contributed by atoms with E-state index in [1.165, 1.54) is 11.8 Å². The number of carbonyl (C=O) groups excluding carboxylic acids is 3. The topological polar surface area (TPSA) is 79.4 Å². The van der Waals surface area contributed by atoms with Crippen LogP contribution in [0.15, 0.2) is 42.6 Å². The minimum atomic E-state index is -0.951. The Morgan fingerprint density at radius 2 is 1.81 bits per heavy atom. The molecule has 1 N–H and O–H groups in total. The molecule has 0 radical (unpaired) electrons. The van der Waals surface area contributed by atoms with E-state index in [4.69, 9.17) is 0 Å².